The Morgan fingerprint density at radius 3 is 2.58 bits per heavy atom. The fraction of sp³-hybridized carbons (Fsp3) is 0.450. The summed E-state index contributed by atoms with van der Waals surface area (Å²) in [6.07, 6.45) is 6.79. The second-order valence-electron chi connectivity index (χ2n) is 6.91. The molecule has 0 aliphatic heterocycles. The summed E-state index contributed by atoms with van der Waals surface area (Å²) in [6.45, 7) is 0.591. The van der Waals surface area contributed by atoms with Gasteiger partial charge < -0.3 is 14.6 Å². The van der Waals surface area contributed by atoms with Crippen LogP contribution in [0.5, 0.6) is 5.88 Å². The van der Waals surface area contributed by atoms with Crippen LogP contribution in [0.2, 0.25) is 0 Å². The first-order chi connectivity index (χ1) is 11.7. The lowest BCUT2D eigenvalue weighted by Crippen LogP contribution is -2.45. The van der Waals surface area contributed by atoms with Crippen molar-refractivity contribution in [1.29, 1.82) is 0 Å². The van der Waals surface area contributed by atoms with E-state index >= 15 is 0 Å². The van der Waals surface area contributed by atoms with E-state index in [4.69, 9.17) is 9.47 Å². The molecule has 1 N–H and O–H groups in total. The third-order valence-electron chi connectivity index (χ3n) is 5.07. The molecule has 0 spiro atoms. The van der Waals surface area contributed by atoms with Crippen molar-refractivity contribution in [2.45, 2.75) is 56.5 Å². The van der Waals surface area contributed by atoms with Gasteiger partial charge in [0.05, 0.1) is 18.3 Å². The molecule has 0 atom stereocenters. The molecule has 126 valence electrons. The summed E-state index contributed by atoms with van der Waals surface area (Å²) in [6, 6.07) is 13.9. The highest BCUT2D eigenvalue weighted by molar-refractivity contribution is 5.29. The molecule has 1 aromatic carbocycles. The number of pyridine rings is 1. The maximum absolute atomic E-state index is 10.8. The van der Waals surface area contributed by atoms with Crippen molar-refractivity contribution in [2.75, 3.05) is 0 Å². The van der Waals surface area contributed by atoms with Crippen molar-refractivity contribution in [3.63, 3.8) is 0 Å². The topological polar surface area (TPSA) is 51.6 Å². The average molecular weight is 325 g/mol. The number of ether oxygens (including phenoxy) is 2. The summed E-state index contributed by atoms with van der Waals surface area (Å²) in [5.74, 6) is 0.624. The second kappa shape index (κ2) is 6.54. The number of rotatable bonds is 6. The first kappa shape index (κ1) is 15.6. The molecule has 0 amide bonds. The van der Waals surface area contributed by atoms with Crippen LogP contribution < -0.4 is 4.74 Å². The van der Waals surface area contributed by atoms with Gasteiger partial charge in [-0.1, -0.05) is 30.3 Å². The van der Waals surface area contributed by atoms with Crippen LogP contribution in [0.4, 0.5) is 0 Å². The molecule has 0 bridgehead atoms. The highest BCUT2D eigenvalue weighted by Gasteiger charge is 2.45. The maximum atomic E-state index is 10.8. The summed E-state index contributed by atoms with van der Waals surface area (Å²) in [5, 5.41) is 10.8. The van der Waals surface area contributed by atoms with E-state index in [1.807, 2.05) is 30.3 Å². The van der Waals surface area contributed by atoms with E-state index in [0.29, 0.717) is 31.4 Å². The van der Waals surface area contributed by atoms with E-state index in [2.05, 4.69) is 17.1 Å². The SMILES string of the molecule is OC1(c2ccnc(OC3CCC3)c2)CC(OCc2ccccc2)C1. The van der Waals surface area contributed by atoms with Crippen LogP contribution in [-0.2, 0) is 16.9 Å². The minimum Gasteiger partial charge on any atom is -0.474 e. The minimum absolute atomic E-state index is 0.0966. The van der Waals surface area contributed by atoms with Gasteiger partial charge in [-0.05, 0) is 36.5 Å². The van der Waals surface area contributed by atoms with Crippen LogP contribution >= 0.6 is 0 Å². The van der Waals surface area contributed by atoms with Gasteiger partial charge in [0.25, 0.3) is 0 Å². The van der Waals surface area contributed by atoms with Crippen molar-refractivity contribution < 1.29 is 14.6 Å². The van der Waals surface area contributed by atoms with Gasteiger partial charge in [-0.15, -0.1) is 0 Å². The molecule has 2 aromatic rings. The van der Waals surface area contributed by atoms with Crippen molar-refractivity contribution in [1.82, 2.24) is 4.98 Å². The van der Waals surface area contributed by atoms with Gasteiger partial charge in [0.15, 0.2) is 0 Å². The number of aromatic nitrogens is 1. The predicted octanol–water partition coefficient (Wildman–Crippen LogP) is 3.58. The van der Waals surface area contributed by atoms with E-state index in [1.165, 1.54) is 6.42 Å². The van der Waals surface area contributed by atoms with Crippen LogP contribution in [0.15, 0.2) is 48.7 Å². The zero-order chi connectivity index (χ0) is 16.4. The van der Waals surface area contributed by atoms with Crippen LogP contribution in [-0.4, -0.2) is 22.3 Å². The van der Waals surface area contributed by atoms with E-state index in [9.17, 15) is 5.11 Å². The van der Waals surface area contributed by atoms with Gasteiger partial charge >= 0.3 is 0 Å². The van der Waals surface area contributed by atoms with Crippen molar-refractivity contribution >= 4 is 0 Å². The third-order valence-corrected chi connectivity index (χ3v) is 5.07. The van der Waals surface area contributed by atoms with Crippen LogP contribution in [0.25, 0.3) is 0 Å². The molecule has 2 aliphatic carbocycles. The summed E-state index contributed by atoms with van der Waals surface area (Å²) in [7, 11) is 0. The number of nitrogens with zero attached hydrogens (tertiary/aromatic N) is 1. The third kappa shape index (κ3) is 3.30. The van der Waals surface area contributed by atoms with Gasteiger partial charge in [0.2, 0.25) is 5.88 Å². The summed E-state index contributed by atoms with van der Waals surface area (Å²) in [5.41, 5.74) is 1.22. The quantitative estimate of drug-likeness (QED) is 0.882. The molecule has 4 rings (SSSR count). The molecule has 4 nitrogen and oxygen atoms in total. The zero-order valence-corrected chi connectivity index (χ0v) is 13.7. The van der Waals surface area contributed by atoms with Crippen LogP contribution in [0.3, 0.4) is 0 Å². The number of benzene rings is 1. The Balaban J connectivity index is 1.33. The molecular formula is C20H23NO3. The van der Waals surface area contributed by atoms with E-state index < -0.39 is 5.60 Å². The number of aliphatic hydroxyl groups is 1. The lowest BCUT2D eigenvalue weighted by atomic mass is 9.73. The van der Waals surface area contributed by atoms with Crippen LogP contribution in [0, 0.1) is 0 Å². The van der Waals surface area contributed by atoms with Gasteiger partial charge in [-0.25, -0.2) is 4.98 Å². The maximum Gasteiger partial charge on any atom is 0.213 e. The normalized spacial score (nSPS) is 26.5. The molecule has 4 heteroatoms. The zero-order valence-electron chi connectivity index (χ0n) is 13.7. The van der Waals surface area contributed by atoms with Crippen molar-refractivity contribution in [3.05, 3.63) is 59.8 Å². The van der Waals surface area contributed by atoms with Crippen molar-refractivity contribution in [3.8, 4) is 5.88 Å². The molecule has 1 heterocycles. The Kier molecular flexibility index (Phi) is 4.25. The van der Waals surface area contributed by atoms with Gasteiger partial charge in [0.1, 0.15) is 6.10 Å². The van der Waals surface area contributed by atoms with E-state index in [0.717, 1.165) is 24.0 Å². The lowest BCUT2D eigenvalue weighted by molar-refractivity contribution is -0.149. The molecule has 0 saturated heterocycles. The minimum atomic E-state index is -0.817. The number of hydrogen-bond donors (Lipinski definition) is 1. The lowest BCUT2D eigenvalue weighted by Gasteiger charge is -2.43. The average Bonchev–Trinajstić information content (AvgIpc) is 2.55. The fourth-order valence-corrected chi connectivity index (χ4v) is 3.26. The summed E-state index contributed by atoms with van der Waals surface area (Å²) < 4.78 is 11.7. The second-order valence-corrected chi connectivity index (χ2v) is 6.91. The molecular weight excluding hydrogens is 302 g/mol. The van der Waals surface area contributed by atoms with Gasteiger partial charge in [-0.3, -0.25) is 0 Å². The monoisotopic (exact) mass is 325 g/mol. The summed E-state index contributed by atoms with van der Waals surface area (Å²) in [4.78, 5) is 4.26. The molecule has 0 unspecified atom stereocenters. The highest BCUT2D eigenvalue weighted by atomic mass is 16.5. The summed E-state index contributed by atoms with van der Waals surface area (Å²) >= 11 is 0. The van der Waals surface area contributed by atoms with Crippen molar-refractivity contribution in [2.24, 2.45) is 0 Å². The smallest absolute Gasteiger partial charge is 0.213 e. The molecule has 2 saturated carbocycles. The molecule has 2 aliphatic rings. The van der Waals surface area contributed by atoms with Crippen LogP contribution in [0.1, 0.15) is 43.2 Å². The Labute approximate surface area is 142 Å². The molecule has 24 heavy (non-hydrogen) atoms. The van der Waals surface area contributed by atoms with Gasteiger partial charge in [0, 0.05) is 25.1 Å². The number of hydrogen-bond acceptors (Lipinski definition) is 4. The van der Waals surface area contributed by atoms with Gasteiger partial charge in [-0.2, -0.15) is 0 Å². The highest BCUT2D eigenvalue weighted by Crippen LogP contribution is 2.44. The molecule has 0 radical (unpaired) electrons. The Bertz CT molecular complexity index is 678. The fourth-order valence-electron chi connectivity index (χ4n) is 3.26. The Morgan fingerprint density at radius 2 is 1.88 bits per heavy atom. The largest absolute Gasteiger partial charge is 0.474 e. The standard InChI is InChI=1S/C20H23NO3/c22-20(12-18(13-20)23-14-15-5-2-1-3-6-15)16-9-10-21-19(11-16)24-17-7-4-8-17/h1-3,5-6,9-11,17-18,22H,4,7-8,12-14H2. The van der Waals surface area contributed by atoms with E-state index in [-0.39, 0.29) is 6.10 Å². The predicted molar refractivity (Wildman–Crippen MR) is 90.7 cm³/mol. The molecule has 2 fully saturated rings. The molecule has 1 aromatic heterocycles. The first-order valence-corrected chi connectivity index (χ1v) is 8.72. The first-order valence-electron chi connectivity index (χ1n) is 8.72. The Morgan fingerprint density at radius 1 is 1.08 bits per heavy atom. The van der Waals surface area contributed by atoms with E-state index in [1.54, 1.807) is 6.20 Å². The Hall–Kier alpha value is -1.91.